The standard InChI is InChI=1S/C21H21N3O/c1-13-12-14(2)22-16(4)20(13)24-21(25)18-10-11-19(23-15(18)3)17-8-6-5-7-9-17/h5-12H,1-4H3,(H,24,25). The Bertz CT molecular complexity index is 910. The molecule has 0 radical (unpaired) electrons. The number of amides is 1. The van der Waals surface area contributed by atoms with Crippen molar-refractivity contribution in [3.8, 4) is 11.3 Å². The Labute approximate surface area is 148 Å². The summed E-state index contributed by atoms with van der Waals surface area (Å²) < 4.78 is 0. The maximum Gasteiger partial charge on any atom is 0.257 e. The number of benzene rings is 1. The molecule has 1 N–H and O–H groups in total. The van der Waals surface area contributed by atoms with Gasteiger partial charge in [0.05, 0.1) is 28.3 Å². The molecule has 2 heterocycles. The zero-order chi connectivity index (χ0) is 18.0. The van der Waals surface area contributed by atoms with E-state index in [4.69, 9.17) is 0 Å². The number of nitrogens with one attached hydrogen (secondary N) is 1. The topological polar surface area (TPSA) is 54.9 Å². The number of pyridine rings is 2. The van der Waals surface area contributed by atoms with Crippen molar-refractivity contribution in [2.75, 3.05) is 5.32 Å². The van der Waals surface area contributed by atoms with Crippen LogP contribution in [-0.4, -0.2) is 15.9 Å². The fourth-order valence-electron chi connectivity index (χ4n) is 2.96. The van der Waals surface area contributed by atoms with Gasteiger partial charge in [-0.05, 0) is 51.5 Å². The van der Waals surface area contributed by atoms with Crippen molar-refractivity contribution < 1.29 is 4.79 Å². The molecule has 0 saturated carbocycles. The third kappa shape index (κ3) is 3.58. The Morgan fingerprint density at radius 3 is 2.24 bits per heavy atom. The van der Waals surface area contributed by atoms with Crippen molar-refractivity contribution in [1.29, 1.82) is 0 Å². The summed E-state index contributed by atoms with van der Waals surface area (Å²) in [5, 5.41) is 2.98. The van der Waals surface area contributed by atoms with Gasteiger partial charge in [-0.15, -0.1) is 0 Å². The molecule has 0 atom stereocenters. The predicted octanol–water partition coefficient (Wildman–Crippen LogP) is 4.63. The van der Waals surface area contributed by atoms with Crippen LogP contribution in [0.1, 0.15) is 33.0 Å². The van der Waals surface area contributed by atoms with Crippen molar-refractivity contribution in [1.82, 2.24) is 9.97 Å². The molecule has 25 heavy (non-hydrogen) atoms. The number of nitrogens with zero attached hydrogens (tertiary/aromatic N) is 2. The fraction of sp³-hybridized carbons (Fsp3) is 0.190. The molecule has 2 aromatic heterocycles. The highest BCUT2D eigenvalue weighted by molar-refractivity contribution is 6.05. The fourth-order valence-corrected chi connectivity index (χ4v) is 2.96. The lowest BCUT2D eigenvalue weighted by Gasteiger charge is -2.13. The normalized spacial score (nSPS) is 10.6. The van der Waals surface area contributed by atoms with Gasteiger partial charge in [0, 0.05) is 11.3 Å². The number of anilines is 1. The molecule has 0 saturated heterocycles. The van der Waals surface area contributed by atoms with Crippen LogP contribution in [0.15, 0.2) is 48.5 Å². The van der Waals surface area contributed by atoms with E-state index in [1.807, 2.05) is 76.2 Å². The van der Waals surface area contributed by atoms with Crippen LogP contribution in [-0.2, 0) is 0 Å². The Balaban J connectivity index is 1.89. The van der Waals surface area contributed by atoms with E-state index >= 15 is 0 Å². The molecule has 4 nitrogen and oxygen atoms in total. The Hall–Kier alpha value is -3.01. The van der Waals surface area contributed by atoms with Crippen molar-refractivity contribution >= 4 is 11.6 Å². The number of aryl methyl sites for hydroxylation is 4. The summed E-state index contributed by atoms with van der Waals surface area (Å²) in [5.74, 6) is -0.165. The van der Waals surface area contributed by atoms with Crippen molar-refractivity contribution in [2.45, 2.75) is 27.7 Å². The van der Waals surface area contributed by atoms with Gasteiger partial charge in [-0.1, -0.05) is 30.3 Å². The van der Waals surface area contributed by atoms with E-state index < -0.39 is 0 Å². The predicted molar refractivity (Wildman–Crippen MR) is 101 cm³/mol. The first kappa shape index (κ1) is 16.8. The van der Waals surface area contributed by atoms with E-state index in [1.54, 1.807) is 0 Å². The van der Waals surface area contributed by atoms with Crippen LogP contribution >= 0.6 is 0 Å². The van der Waals surface area contributed by atoms with E-state index in [2.05, 4.69) is 15.3 Å². The van der Waals surface area contributed by atoms with Crippen molar-refractivity contribution in [2.24, 2.45) is 0 Å². The molecule has 126 valence electrons. The van der Waals surface area contributed by atoms with Gasteiger partial charge in [0.2, 0.25) is 0 Å². The van der Waals surface area contributed by atoms with Gasteiger partial charge < -0.3 is 5.32 Å². The number of hydrogen-bond acceptors (Lipinski definition) is 3. The molecule has 0 spiro atoms. The number of aromatic nitrogens is 2. The zero-order valence-corrected chi connectivity index (χ0v) is 14.9. The van der Waals surface area contributed by atoms with Gasteiger partial charge in [0.25, 0.3) is 5.91 Å². The molecule has 3 aromatic rings. The first-order valence-corrected chi connectivity index (χ1v) is 8.25. The number of hydrogen-bond donors (Lipinski definition) is 1. The smallest absolute Gasteiger partial charge is 0.257 e. The third-order valence-electron chi connectivity index (χ3n) is 4.16. The van der Waals surface area contributed by atoms with Gasteiger partial charge in [-0.3, -0.25) is 14.8 Å². The van der Waals surface area contributed by atoms with E-state index in [0.29, 0.717) is 11.3 Å². The second-order valence-corrected chi connectivity index (χ2v) is 6.19. The van der Waals surface area contributed by atoms with Crippen LogP contribution in [0.4, 0.5) is 5.69 Å². The Morgan fingerprint density at radius 1 is 0.880 bits per heavy atom. The van der Waals surface area contributed by atoms with Crippen LogP contribution in [0.2, 0.25) is 0 Å². The molecule has 0 aliphatic heterocycles. The molecule has 0 unspecified atom stereocenters. The quantitative estimate of drug-likeness (QED) is 0.761. The summed E-state index contributed by atoms with van der Waals surface area (Å²) in [4.78, 5) is 21.7. The van der Waals surface area contributed by atoms with E-state index in [9.17, 15) is 4.79 Å². The summed E-state index contributed by atoms with van der Waals surface area (Å²) in [6.45, 7) is 7.68. The number of carbonyl (C=O) groups is 1. The summed E-state index contributed by atoms with van der Waals surface area (Å²) in [6, 6.07) is 15.6. The number of carbonyl (C=O) groups excluding carboxylic acids is 1. The lowest BCUT2D eigenvalue weighted by atomic mass is 10.1. The minimum atomic E-state index is -0.165. The van der Waals surface area contributed by atoms with E-state index in [0.717, 1.165) is 33.9 Å². The highest BCUT2D eigenvalue weighted by Crippen LogP contribution is 2.22. The lowest BCUT2D eigenvalue weighted by molar-refractivity contribution is 0.102. The van der Waals surface area contributed by atoms with Gasteiger partial charge in [-0.25, -0.2) is 0 Å². The monoisotopic (exact) mass is 331 g/mol. The molecule has 0 aliphatic carbocycles. The molecular weight excluding hydrogens is 310 g/mol. The molecule has 3 rings (SSSR count). The van der Waals surface area contributed by atoms with E-state index in [1.165, 1.54) is 0 Å². The van der Waals surface area contributed by atoms with Crippen molar-refractivity contribution in [3.05, 3.63) is 76.7 Å². The first-order chi connectivity index (χ1) is 12.0. The second kappa shape index (κ2) is 6.85. The van der Waals surface area contributed by atoms with Crippen LogP contribution in [0.3, 0.4) is 0 Å². The first-order valence-electron chi connectivity index (χ1n) is 8.25. The maximum absolute atomic E-state index is 12.7. The lowest BCUT2D eigenvalue weighted by Crippen LogP contribution is -2.16. The summed E-state index contributed by atoms with van der Waals surface area (Å²) >= 11 is 0. The van der Waals surface area contributed by atoms with Gasteiger partial charge in [0.15, 0.2) is 0 Å². The molecular formula is C21H21N3O. The minimum Gasteiger partial charge on any atom is -0.320 e. The maximum atomic E-state index is 12.7. The third-order valence-corrected chi connectivity index (χ3v) is 4.16. The minimum absolute atomic E-state index is 0.165. The highest BCUT2D eigenvalue weighted by Gasteiger charge is 2.14. The zero-order valence-electron chi connectivity index (χ0n) is 14.9. The largest absolute Gasteiger partial charge is 0.320 e. The SMILES string of the molecule is Cc1cc(C)c(NC(=O)c2ccc(-c3ccccc3)nc2C)c(C)n1. The van der Waals surface area contributed by atoms with Crippen LogP contribution in [0.5, 0.6) is 0 Å². The van der Waals surface area contributed by atoms with Gasteiger partial charge in [-0.2, -0.15) is 0 Å². The Kier molecular flexibility index (Phi) is 4.61. The van der Waals surface area contributed by atoms with Crippen LogP contribution in [0, 0.1) is 27.7 Å². The molecule has 0 aliphatic rings. The second-order valence-electron chi connectivity index (χ2n) is 6.19. The highest BCUT2D eigenvalue weighted by atomic mass is 16.1. The molecule has 4 heteroatoms. The molecule has 1 amide bonds. The van der Waals surface area contributed by atoms with Gasteiger partial charge in [0.1, 0.15) is 0 Å². The molecule has 1 aromatic carbocycles. The molecule has 0 bridgehead atoms. The Morgan fingerprint density at radius 2 is 1.60 bits per heavy atom. The summed E-state index contributed by atoms with van der Waals surface area (Å²) in [5.41, 5.74) is 6.70. The average Bonchev–Trinajstić information content (AvgIpc) is 2.58. The summed E-state index contributed by atoms with van der Waals surface area (Å²) in [6.07, 6.45) is 0. The summed E-state index contributed by atoms with van der Waals surface area (Å²) in [7, 11) is 0. The molecule has 0 fully saturated rings. The van der Waals surface area contributed by atoms with Gasteiger partial charge >= 0.3 is 0 Å². The van der Waals surface area contributed by atoms with E-state index in [-0.39, 0.29) is 5.91 Å². The van der Waals surface area contributed by atoms with Crippen LogP contribution < -0.4 is 5.32 Å². The van der Waals surface area contributed by atoms with Crippen molar-refractivity contribution in [3.63, 3.8) is 0 Å². The average molecular weight is 331 g/mol. The number of rotatable bonds is 3. The van der Waals surface area contributed by atoms with Crippen LogP contribution in [0.25, 0.3) is 11.3 Å².